The molecule has 0 heterocycles. The third kappa shape index (κ3) is 4.91. The zero-order valence-corrected chi connectivity index (χ0v) is 15.0. The van der Waals surface area contributed by atoms with Gasteiger partial charge in [0.25, 0.3) is 0 Å². The summed E-state index contributed by atoms with van der Waals surface area (Å²) in [6.45, 7) is 0. The molecular formula is C21H20F3NO3. The quantitative estimate of drug-likeness (QED) is 0.754. The van der Waals surface area contributed by atoms with Gasteiger partial charge in [0.1, 0.15) is 0 Å². The van der Waals surface area contributed by atoms with Crippen LogP contribution in [0.1, 0.15) is 30.4 Å². The smallest absolute Gasteiger partial charge is 0.416 e. The van der Waals surface area contributed by atoms with E-state index in [0.29, 0.717) is 11.3 Å². The molecule has 1 saturated carbocycles. The van der Waals surface area contributed by atoms with Crippen LogP contribution in [-0.2, 0) is 22.2 Å². The highest BCUT2D eigenvalue weighted by Gasteiger charge is 2.38. The summed E-state index contributed by atoms with van der Waals surface area (Å²) in [4.78, 5) is 25.8. The van der Waals surface area contributed by atoms with E-state index in [1.165, 1.54) is 17.0 Å². The van der Waals surface area contributed by atoms with Crippen molar-refractivity contribution in [2.45, 2.75) is 37.9 Å². The van der Waals surface area contributed by atoms with E-state index in [-0.39, 0.29) is 24.7 Å². The summed E-state index contributed by atoms with van der Waals surface area (Å²) in [6, 6.07) is 12.7. The fourth-order valence-corrected chi connectivity index (χ4v) is 3.19. The van der Waals surface area contributed by atoms with Gasteiger partial charge in [-0.3, -0.25) is 9.59 Å². The van der Waals surface area contributed by atoms with E-state index in [1.54, 1.807) is 30.3 Å². The Morgan fingerprint density at radius 2 is 1.64 bits per heavy atom. The highest BCUT2D eigenvalue weighted by molar-refractivity contribution is 5.97. The summed E-state index contributed by atoms with van der Waals surface area (Å²) in [6.07, 6.45) is -3.05. The van der Waals surface area contributed by atoms with Crippen LogP contribution in [0.15, 0.2) is 54.6 Å². The summed E-state index contributed by atoms with van der Waals surface area (Å²) in [7, 11) is 0. The zero-order valence-electron chi connectivity index (χ0n) is 15.0. The summed E-state index contributed by atoms with van der Waals surface area (Å²) in [5, 5.41) is 9.36. The second-order valence-electron chi connectivity index (χ2n) is 6.97. The molecule has 1 atom stereocenters. The monoisotopic (exact) mass is 391 g/mol. The second kappa shape index (κ2) is 8.04. The van der Waals surface area contributed by atoms with Gasteiger partial charge in [0.15, 0.2) is 0 Å². The number of carbonyl (C=O) groups excluding carboxylic acids is 1. The number of nitrogens with zero attached hydrogens (tertiary/aromatic N) is 1. The number of para-hydroxylation sites is 1. The van der Waals surface area contributed by atoms with Crippen molar-refractivity contribution in [3.05, 3.63) is 65.7 Å². The van der Waals surface area contributed by atoms with E-state index < -0.39 is 23.8 Å². The average Bonchev–Trinajstić information content (AvgIpc) is 3.47. The maximum Gasteiger partial charge on any atom is 0.416 e. The lowest BCUT2D eigenvalue weighted by Crippen LogP contribution is -2.44. The van der Waals surface area contributed by atoms with Crippen molar-refractivity contribution in [1.29, 1.82) is 0 Å². The van der Waals surface area contributed by atoms with Gasteiger partial charge in [0, 0.05) is 11.6 Å². The van der Waals surface area contributed by atoms with Gasteiger partial charge in [-0.2, -0.15) is 13.2 Å². The number of carbonyl (C=O) groups is 2. The van der Waals surface area contributed by atoms with E-state index in [1.807, 2.05) is 0 Å². The molecule has 2 aromatic rings. The largest absolute Gasteiger partial charge is 0.481 e. The second-order valence-corrected chi connectivity index (χ2v) is 6.97. The first kappa shape index (κ1) is 19.9. The number of carboxylic acids is 1. The van der Waals surface area contributed by atoms with Crippen molar-refractivity contribution >= 4 is 17.6 Å². The number of amides is 1. The molecule has 1 aliphatic rings. The lowest BCUT2D eigenvalue weighted by molar-refractivity contribution is -0.138. The number of hydrogen-bond acceptors (Lipinski definition) is 2. The predicted octanol–water partition coefficient (Wildman–Crippen LogP) is 4.53. The van der Waals surface area contributed by atoms with E-state index >= 15 is 0 Å². The van der Waals surface area contributed by atoms with Crippen molar-refractivity contribution in [2.75, 3.05) is 4.90 Å². The van der Waals surface area contributed by atoms with Crippen LogP contribution in [0.2, 0.25) is 0 Å². The molecule has 0 radical (unpaired) electrons. The van der Waals surface area contributed by atoms with Crippen LogP contribution in [0.5, 0.6) is 0 Å². The summed E-state index contributed by atoms with van der Waals surface area (Å²) in [5.41, 5.74) is 0.376. The number of carboxylic acid groups (broad SMARTS) is 1. The molecule has 4 nitrogen and oxygen atoms in total. The van der Waals surface area contributed by atoms with E-state index in [2.05, 4.69) is 0 Å². The third-order valence-electron chi connectivity index (χ3n) is 4.73. The molecule has 1 fully saturated rings. The van der Waals surface area contributed by atoms with E-state index in [4.69, 9.17) is 0 Å². The number of rotatable bonds is 7. The summed E-state index contributed by atoms with van der Waals surface area (Å²) < 4.78 is 38.3. The van der Waals surface area contributed by atoms with Crippen LogP contribution in [-0.4, -0.2) is 23.0 Å². The SMILES string of the molecule is O=C(O)C[C@H](Cc1ccc(C(F)(F)F)cc1)N(C(=O)C1CC1)c1ccccc1. The molecule has 1 aliphatic carbocycles. The maximum absolute atomic E-state index is 12.9. The van der Waals surface area contributed by atoms with Crippen molar-refractivity contribution in [3.63, 3.8) is 0 Å². The van der Waals surface area contributed by atoms with Crippen LogP contribution >= 0.6 is 0 Å². The van der Waals surface area contributed by atoms with Gasteiger partial charge in [-0.1, -0.05) is 30.3 Å². The minimum atomic E-state index is -4.43. The molecule has 1 amide bonds. The summed E-state index contributed by atoms with van der Waals surface area (Å²) in [5.74, 6) is -1.32. The van der Waals surface area contributed by atoms with Crippen molar-refractivity contribution in [2.24, 2.45) is 5.92 Å². The number of alkyl halides is 3. The lowest BCUT2D eigenvalue weighted by Gasteiger charge is -2.31. The molecule has 7 heteroatoms. The number of hydrogen-bond donors (Lipinski definition) is 1. The predicted molar refractivity (Wildman–Crippen MR) is 97.8 cm³/mol. The molecule has 28 heavy (non-hydrogen) atoms. The first-order chi connectivity index (χ1) is 13.3. The average molecular weight is 391 g/mol. The normalized spacial score (nSPS) is 15.1. The van der Waals surface area contributed by atoms with Crippen molar-refractivity contribution < 1.29 is 27.9 Å². The molecule has 1 N–H and O–H groups in total. The minimum absolute atomic E-state index is 0.121. The van der Waals surface area contributed by atoms with Crippen LogP contribution in [0, 0.1) is 5.92 Å². The number of anilines is 1. The van der Waals surface area contributed by atoms with Gasteiger partial charge >= 0.3 is 12.1 Å². The summed E-state index contributed by atoms with van der Waals surface area (Å²) >= 11 is 0. The van der Waals surface area contributed by atoms with Gasteiger partial charge in [-0.05, 0) is 49.1 Å². The fourth-order valence-electron chi connectivity index (χ4n) is 3.19. The van der Waals surface area contributed by atoms with Crippen molar-refractivity contribution in [1.82, 2.24) is 0 Å². The van der Waals surface area contributed by atoms with Crippen LogP contribution < -0.4 is 4.90 Å². The molecule has 0 bridgehead atoms. The Bertz CT molecular complexity index is 830. The standard InChI is InChI=1S/C21H20F3NO3/c22-21(23,24)16-10-6-14(7-11-16)12-18(13-19(26)27)25(20(28)15-8-9-15)17-4-2-1-3-5-17/h1-7,10-11,15,18H,8-9,12-13H2,(H,26,27)/t18-/m0/s1. The Kier molecular flexibility index (Phi) is 5.72. The molecule has 3 rings (SSSR count). The highest BCUT2D eigenvalue weighted by Crippen LogP contribution is 2.35. The number of aliphatic carboxylic acids is 1. The molecule has 0 spiro atoms. The van der Waals surface area contributed by atoms with Crippen LogP contribution in [0.3, 0.4) is 0 Å². The molecule has 2 aromatic carbocycles. The lowest BCUT2D eigenvalue weighted by atomic mass is 9.99. The Morgan fingerprint density at radius 1 is 1.04 bits per heavy atom. The Balaban J connectivity index is 1.90. The Hall–Kier alpha value is -2.83. The number of benzene rings is 2. The third-order valence-corrected chi connectivity index (χ3v) is 4.73. The first-order valence-corrected chi connectivity index (χ1v) is 9.02. The van der Waals surface area contributed by atoms with Gasteiger partial charge in [0.05, 0.1) is 18.0 Å². The highest BCUT2D eigenvalue weighted by atomic mass is 19.4. The Morgan fingerprint density at radius 3 is 2.14 bits per heavy atom. The number of halogens is 3. The fraction of sp³-hybridized carbons (Fsp3) is 0.333. The first-order valence-electron chi connectivity index (χ1n) is 9.02. The van der Waals surface area contributed by atoms with E-state index in [9.17, 15) is 27.9 Å². The molecule has 0 saturated heterocycles. The van der Waals surface area contributed by atoms with E-state index in [0.717, 1.165) is 25.0 Å². The van der Waals surface area contributed by atoms with Crippen LogP contribution in [0.25, 0.3) is 0 Å². The van der Waals surface area contributed by atoms with Crippen LogP contribution in [0.4, 0.5) is 18.9 Å². The molecule has 148 valence electrons. The Labute approximate surface area is 160 Å². The zero-order chi connectivity index (χ0) is 20.3. The molecular weight excluding hydrogens is 371 g/mol. The van der Waals surface area contributed by atoms with Gasteiger partial charge in [0.2, 0.25) is 5.91 Å². The molecule has 0 aliphatic heterocycles. The molecule has 0 unspecified atom stereocenters. The molecule has 0 aromatic heterocycles. The maximum atomic E-state index is 12.9. The van der Waals surface area contributed by atoms with Gasteiger partial charge in [-0.25, -0.2) is 0 Å². The minimum Gasteiger partial charge on any atom is -0.481 e. The van der Waals surface area contributed by atoms with Gasteiger partial charge < -0.3 is 10.0 Å². The van der Waals surface area contributed by atoms with Crippen molar-refractivity contribution in [3.8, 4) is 0 Å². The van der Waals surface area contributed by atoms with Gasteiger partial charge in [-0.15, -0.1) is 0 Å². The topological polar surface area (TPSA) is 57.6 Å².